The first-order chi connectivity index (χ1) is 12.3. The van der Waals surface area contributed by atoms with Crippen molar-refractivity contribution < 1.29 is 13.9 Å². The predicted molar refractivity (Wildman–Crippen MR) is 99.3 cm³/mol. The zero-order chi connectivity index (χ0) is 18.7. The molecule has 0 atom stereocenters. The Bertz CT molecular complexity index is 888. The molecular weight excluding hydrogens is 328 g/mol. The van der Waals surface area contributed by atoms with Crippen LogP contribution in [0.25, 0.3) is 22.9 Å². The third kappa shape index (κ3) is 4.17. The van der Waals surface area contributed by atoms with E-state index in [9.17, 15) is 4.79 Å². The summed E-state index contributed by atoms with van der Waals surface area (Å²) in [5, 5.41) is 8.29. The molecule has 0 aliphatic carbocycles. The van der Waals surface area contributed by atoms with E-state index in [1.165, 1.54) is 12.5 Å². The number of benzene rings is 2. The Hall–Kier alpha value is -2.95. The van der Waals surface area contributed by atoms with Gasteiger partial charge < -0.3 is 9.15 Å². The lowest BCUT2D eigenvalue weighted by Crippen LogP contribution is -2.10. The number of aromatic nitrogens is 2. The van der Waals surface area contributed by atoms with E-state index >= 15 is 0 Å². The maximum atomic E-state index is 10.9. The topological polar surface area (TPSA) is 65.2 Å². The number of esters is 1. The highest BCUT2D eigenvalue weighted by Gasteiger charge is 2.15. The number of carbonyl (C=O) groups is 1. The van der Waals surface area contributed by atoms with Gasteiger partial charge in [0.25, 0.3) is 0 Å². The maximum Gasteiger partial charge on any atom is 0.302 e. The monoisotopic (exact) mass is 350 g/mol. The second-order valence-electron chi connectivity index (χ2n) is 7.22. The minimum Gasteiger partial charge on any atom is -0.461 e. The van der Waals surface area contributed by atoms with E-state index in [1.807, 2.05) is 36.4 Å². The number of ether oxygens (including phenoxy) is 1. The molecule has 1 aromatic heterocycles. The fraction of sp³-hybridized carbons (Fsp3) is 0.286. The molecule has 0 N–H and O–H groups in total. The number of hydrogen-bond acceptors (Lipinski definition) is 5. The summed E-state index contributed by atoms with van der Waals surface area (Å²) in [6.07, 6.45) is 0. The smallest absolute Gasteiger partial charge is 0.302 e. The third-order valence-corrected chi connectivity index (χ3v) is 4.07. The third-order valence-electron chi connectivity index (χ3n) is 4.07. The molecule has 134 valence electrons. The van der Waals surface area contributed by atoms with Gasteiger partial charge in [-0.15, -0.1) is 10.2 Å². The van der Waals surface area contributed by atoms with Gasteiger partial charge >= 0.3 is 5.97 Å². The molecule has 0 radical (unpaired) electrons. The number of rotatable bonds is 4. The van der Waals surface area contributed by atoms with Crippen LogP contribution in [0, 0.1) is 0 Å². The van der Waals surface area contributed by atoms with Crippen molar-refractivity contribution in [3.8, 4) is 22.9 Å². The van der Waals surface area contributed by atoms with Crippen LogP contribution in [0.1, 0.15) is 38.8 Å². The Morgan fingerprint density at radius 3 is 1.88 bits per heavy atom. The fourth-order valence-electron chi connectivity index (χ4n) is 2.50. The second kappa shape index (κ2) is 7.12. The lowest BCUT2D eigenvalue weighted by Gasteiger charge is -2.18. The summed E-state index contributed by atoms with van der Waals surface area (Å²) in [4.78, 5) is 10.9. The fourth-order valence-corrected chi connectivity index (χ4v) is 2.50. The van der Waals surface area contributed by atoms with E-state index in [1.54, 1.807) is 0 Å². The van der Waals surface area contributed by atoms with Gasteiger partial charge in [-0.2, -0.15) is 0 Å². The number of hydrogen-bond donors (Lipinski definition) is 0. The van der Waals surface area contributed by atoms with Crippen LogP contribution in [0.3, 0.4) is 0 Å². The molecule has 0 saturated heterocycles. The average Bonchev–Trinajstić information content (AvgIpc) is 3.10. The zero-order valence-electron chi connectivity index (χ0n) is 15.4. The van der Waals surface area contributed by atoms with Gasteiger partial charge in [0, 0.05) is 18.1 Å². The van der Waals surface area contributed by atoms with Crippen molar-refractivity contribution in [2.24, 2.45) is 0 Å². The van der Waals surface area contributed by atoms with Crippen molar-refractivity contribution in [1.82, 2.24) is 10.2 Å². The molecule has 5 heteroatoms. The first-order valence-electron chi connectivity index (χ1n) is 8.50. The van der Waals surface area contributed by atoms with Gasteiger partial charge in [-0.05, 0) is 40.8 Å². The van der Waals surface area contributed by atoms with Crippen molar-refractivity contribution in [2.45, 2.75) is 39.7 Å². The molecule has 2 aromatic carbocycles. The van der Waals surface area contributed by atoms with Gasteiger partial charge in [0.2, 0.25) is 11.8 Å². The van der Waals surface area contributed by atoms with Crippen LogP contribution in [-0.2, 0) is 21.6 Å². The molecule has 0 unspecified atom stereocenters. The molecule has 26 heavy (non-hydrogen) atoms. The van der Waals surface area contributed by atoms with Gasteiger partial charge in [-0.25, -0.2) is 0 Å². The Balaban J connectivity index is 1.76. The molecule has 0 amide bonds. The molecule has 3 aromatic rings. The molecule has 5 nitrogen and oxygen atoms in total. The van der Waals surface area contributed by atoms with Crippen LogP contribution in [0.5, 0.6) is 0 Å². The summed E-state index contributed by atoms with van der Waals surface area (Å²) in [5.74, 6) is 0.650. The Morgan fingerprint density at radius 1 is 0.923 bits per heavy atom. The molecule has 0 aliphatic rings. The quantitative estimate of drug-likeness (QED) is 0.635. The molecule has 0 spiro atoms. The van der Waals surface area contributed by atoms with E-state index < -0.39 is 0 Å². The molecule has 3 rings (SSSR count). The number of carbonyl (C=O) groups excluding carboxylic acids is 1. The maximum absolute atomic E-state index is 10.9. The largest absolute Gasteiger partial charge is 0.461 e. The predicted octanol–water partition coefficient (Wildman–Crippen LogP) is 4.76. The normalized spacial score (nSPS) is 11.4. The van der Waals surface area contributed by atoms with Crippen LogP contribution < -0.4 is 0 Å². The lowest BCUT2D eigenvalue weighted by atomic mass is 9.87. The minimum absolute atomic E-state index is 0.104. The van der Waals surface area contributed by atoms with Gasteiger partial charge in [0.15, 0.2) is 0 Å². The van der Waals surface area contributed by atoms with Gasteiger partial charge in [-0.3, -0.25) is 4.79 Å². The van der Waals surface area contributed by atoms with E-state index in [4.69, 9.17) is 9.15 Å². The summed E-state index contributed by atoms with van der Waals surface area (Å²) in [6, 6.07) is 15.7. The summed E-state index contributed by atoms with van der Waals surface area (Å²) in [6.45, 7) is 8.18. The van der Waals surface area contributed by atoms with Crippen molar-refractivity contribution >= 4 is 5.97 Å². The van der Waals surface area contributed by atoms with Crippen molar-refractivity contribution in [2.75, 3.05) is 0 Å². The molecular formula is C21H22N2O3. The van der Waals surface area contributed by atoms with Gasteiger partial charge in [0.1, 0.15) is 6.61 Å². The van der Waals surface area contributed by atoms with Crippen LogP contribution in [-0.4, -0.2) is 16.2 Å². The molecule has 1 heterocycles. The Labute approximate surface area is 153 Å². The second-order valence-corrected chi connectivity index (χ2v) is 7.22. The van der Waals surface area contributed by atoms with Gasteiger partial charge in [0.05, 0.1) is 0 Å². The summed E-state index contributed by atoms with van der Waals surface area (Å²) < 4.78 is 10.8. The van der Waals surface area contributed by atoms with Crippen LogP contribution in [0.2, 0.25) is 0 Å². The molecule has 0 aliphatic heterocycles. The SMILES string of the molecule is CC(=O)OCc1ccc(-c2nnc(-c3ccc(C(C)(C)C)cc3)o2)cc1. The number of nitrogens with zero attached hydrogens (tertiary/aromatic N) is 2. The summed E-state index contributed by atoms with van der Waals surface area (Å²) in [7, 11) is 0. The highest BCUT2D eigenvalue weighted by molar-refractivity contribution is 5.66. The standard InChI is InChI=1S/C21H22N2O3/c1-14(24)25-13-15-5-7-16(8-6-15)19-22-23-20(26-19)17-9-11-18(12-10-17)21(2,3)4/h5-12H,13H2,1-4H3. The van der Waals surface area contributed by atoms with Crippen LogP contribution in [0.4, 0.5) is 0 Å². The van der Waals surface area contributed by atoms with Crippen molar-refractivity contribution in [3.05, 3.63) is 59.7 Å². The van der Waals surface area contributed by atoms with Crippen LogP contribution >= 0.6 is 0 Å². The zero-order valence-corrected chi connectivity index (χ0v) is 15.4. The summed E-state index contributed by atoms with van der Waals surface area (Å²) >= 11 is 0. The highest BCUT2D eigenvalue weighted by atomic mass is 16.5. The van der Waals surface area contributed by atoms with E-state index in [2.05, 4.69) is 43.1 Å². The molecule has 0 fully saturated rings. The Morgan fingerprint density at radius 2 is 1.42 bits per heavy atom. The van der Waals surface area contributed by atoms with E-state index in [-0.39, 0.29) is 18.0 Å². The van der Waals surface area contributed by atoms with E-state index in [0.29, 0.717) is 11.8 Å². The molecule has 0 bridgehead atoms. The average molecular weight is 350 g/mol. The van der Waals surface area contributed by atoms with Gasteiger partial charge in [-0.1, -0.05) is 45.0 Å². The minimum atomic E-state index is -0.298. The summed E-state index contributed by atoms with van der Waals surface area (Å²) in [5.41, 5.74) is 3.97. The Kier molecular flexibility index (Phi) is 4.89. The lowest BCUT2D eigenvalue weighted by molar-refractivity contribution is -0.142. The first kappa shape index (κ1) is 17.9. The van der Waals surface area contributed by atoms with Crippen molar-refractivity contribution in [1.29, 1.82) is 0 Å². The van der Waals surface area contributed by atoms with E-state index in [0.717, 1.165) is 16.7 Å². The first-order valence-corrected chi connectivity index (χ1v) is 8.50. The van der Waals surface area contributed by atoms with Crippen LogP contribution in [0.15, 0.2) is 52.9 Å². The van der Waals surface area contributed by atoms with Crippen molar-refractivity contribution in [3.63, 3.8) is 0 Å². The molecule has 0 saturated carbocycles. The highest BCUT2D eigenvalue weighted by Crippen LogP contribution is 2.27.